The van der Waals surface area contributed by atoms with Crippen molar-refractivity contribution >= 4 is 17.3 Å². The molecule has 0 amide bonds. The zero-order valence-electron chi connectivity index (χ0n) is 10.7. The van der Waals surface area contributed by atoms with Crippen LogP contribution in [0.1, 0.15) is 18.9 Å². The minimum absolute atomic E-state index is 0.621. The van der Waals surface area contributed by atoms with E-state index in [1.54, 1.807) is 11.3 Å². The number of thiazole rings is 1. The summed E-state index contributed by atoms with van der Waals surface area (Å²) in [5, 5.41) is 14.6. The van der Waals surface area contributed by atoms with E-state index in [1.807, 2.05) is 16.9 Å². The van der Waals surface area contributed by atoms with E-state index in [0.29, 0.717) is 6.54 Å². The maximum atomic E-state index is 5.53. The van der Waals surface area contributed by atoms with Crippen molar-refractivity contribution in [2.75, 3.05) is 18.4 Å². The highest BCUT2D eigenvalue weighted by Crippen LogP contribution is 2.22. The van der Waals surface area contributed by atoms with Gasteiger partial charge in [-0.25, -0.2) is 4.98 Å². The van der Waals surface area contributed by atoms with Crippen molar-refractivity contribution in [2.45, 2.75) is 26.8 Å². The fourth-order valence-corrected chi connectivity index (χ4v) is 2.53. The normalized spacial score (nSPS) is 10.8. The fourth-order valence-electron chi connectivity index (χ4n) is 1.73. The van der Waals surface area contributed by atoms with Gasteiger partial charge in [0.25, 0.3) is 0 Å². The van der Waals surface area contributed by atoms with Crippen LogP contribution in [0.4, 0.5) is 5.95 Å². The standard InChI is InChI=1S/C11H18N6S/c1-3-13-11-16-15-10(17(11)4-2)8-7-18-9(14-8)5-6-12/h7H,3-6,12H2,1-2H3,(H,13,16). The van der Waals surface area contributed by atoms with Crippen LogP contribution in [0, 0.1) is 0 Å². The number of nitrogens with two attached hydrogens (primary N) is 1. The summed E-state index contributed by atoms with van der Waals surface area (Å²) in [6, 6.07) is 0. The second-order valence-corrected chi connectivity index (χ2v) is 4.73. The molecule has 3 N–H and O–H groups in total. The Balaban J connectivity index is 2.31. The molecule has 0 bridgehead atoms. The molecule has 6 nitrogen and oxygen atoms in total. The molecule has 7 heteroatoms. The molecule has 2 aromatic heterocycles. The van der Waals surface area contributed by atoms with Gasteiger partial charge in [0.05, 0.1) is 5.01 Å². The SMILES string of the molecule is CCNc1nnc(-c2csc(CCN)n2)n1CC. The lowest BCUT2D eigenvalue weighted by Gasteiger charge is -2.06. The molecule has 0 atom stereocenters. The first-order chi connectivity index (χ1) is 8.80. The number of rotatable bonds is 6. The Kier molecular flexibility index (Phi) is 4.27. The van der Waals surface area contributed by atoms with Crippen LogP contribution in [-0.4, -0.2) is 32.8 Å². The fraction of sp³-hybridized carbons (Fsp3) is 0.545. The molecule has 0 fully saturated rings. The van der Waals surface area contributed by atoms with Crippen LogP contribution in [0.5, 0.6) is 0 Å². The molecule has 0 aliphatic heterocycles. The largest absolute Gasteiger partial charge is 0.355 e. The van der Waals surface area contributed by atoms with Crippen molar-refractivity contribution in [3.63, 3.8) is 0 Å². The van der Waals surface area contributed by atoms with Gasteiger partial charge in [-0.05, 0) is 20.4 Å². The molecule has 0 aromatic carbocycles. The van der Waals surface area contributed by atoms with Crippen molar-refractivity contribution < 1.29 is 0 Å². The highest BCUT2D eigenvalue weighted by molar-refractivity contribution is 7.09. The maximum Gasteiger partial charge on any atom is 0.224 e. The highest BCUT2D eigenvalue weighted by Gasteiger charge is 2.14. The monoisotopic (exact) mass is 266 g/mol. The summed E-state index contributed by atoms with van der Waals surface area (Å²) in [6.07, 6.45) is 0.811. The van der Waals surface area contributed by atoms with E-state index in [-0.39, 0.29) is 0 Å². The summed E-state index contributed by atoms with van der Waals surface area (Å²) in [4.78, 5) is 4.54. The first kappa shape index (κ1) is 13.0. The topological polar surface area (TPSA) is 81.7 Å². The third-order valence-electron chi connectivity index (χ3n) is 2.54. The summed E-state index contributed by atoms with van der Waals surface area (Å²) >= 11 is 1.62. The van der Waals surface area contributed by atoms with Gasteiger partial charge in [0.2, 0.25) is 5.95 Å². The number of hydrogen-bond donors (Lipinski definition) is 2. The molecule has 2 rings (SSSR count). The smallest absolute Gasteiger partial charge is 0.224 e. The summed E-state index contributed by atoms with van der Waals surface area (Å²) in [5.74, 6) is 1.61. The van der Waals surface area contributed by atoms with Crippen molar-refractivity contribution in [3.8, 4) is 11.5 Å². The first-order valence-electron chi connectivity index (χ1n) is 6.12. The lowest BCUT2D eigenvalue weighted by Crippen LogP contribution is -2.07. The number of anilines is 1. The average molecular weight is 266 g/mol. The quantitative estimate of drug-likeness (QED) is 0.825. The van der Waals surface area contributed by atoms with Crippen LogP contribution in [0.25, 0.3) is 11.5 Å². The summed E-state index contributed by atoms with van der Waals surface area (Å²) in [5.41, 5.74) is 6.41. The van der Waals surface area contributed by atoms with Crippen LogP contribution >= 0.6 is 11.3 Å². The van der Waals surface area contributed by atoms with Gasteiger partial charge >= 0.3 is 0 Å². The second kappa shape index (κ2) is 5.92. The zero-order valence-corrected chi connectivity index (χ0v) is 11.5. The summed E-state index contributed by atoms with van der Waals surface area (Å²) in [7, 11) is 0. The lowest BCUT2D eigenvalue weighted by atomic mass is 10.4. The van der Waals surface area contributed by atoms with E-state index in [4.69, 9.17) is 5.73 Å². The molecule has 0 unspecified atom stereocenters. The highest BCUT2D eigenvalue weighted by atomic mass is 32.1. The molecule has 0 saturated carbocycles. The number of nitrogens with one attached hydrogen (secondary N) is 1. The first-order valence-corrected chi connectivity index (χ1v) is 7.00. The van der Waals surface area contributed by atoms with Crippen molar-refractivity contribution in [3.05, 3.63) is 10.4 Å². The number of hydrogen-bond acceptors (Lipinski definition) is 6. The van der Waals surface area contributed by atoms with Gasteiger partial charge in [-0.2, -0.15) is 0 Å². The van der Waals surface area contributed by atoms with Crippen molar-refractivity contribution in [2.24, 2.45) is 5.73 Å². The molecule has 0 aliphatic carbocycles. The van der Waals surface area contributed by atoms with Gasteiger partial charge in [-0.1, -0.05) is 0 Å². The minimum Gasteiger partial charge on any atom is -0.355 e. The van der Waals surface area contributed by atoms with Crippen LogP contribution in [0.3, 0.4) is 0 Å². The van der Waals surface area contributed by atoms with Crippen LogP contribution < -0.4 is 11.1 Å². The third kappa shape index (κ3) is 2.51. The molecule has 0 radical (unpaired) electrons. The van der Waals surface area contributed by atoms with Gasteiger partial charge < -0.3 is 11.1 Å². The molecule has 0 aliphatic rings. The zero-order chi connectivity index (χ0) is 13.0. The molecule has 0 spiro atoms. The Hall–Kier alpha value is -1.47. The molecule has 0 saturated heterocycles. The van der Waals surface area contributed by atoms with Crippen LogP contribution in [0.2, 0.25) is 0 Å². The van der Waals surface area contributed by atoms with Crippen LogP contribution in [0.15, 0.2) is 5.38 Å². The number of aromatic nitrogens is 4. The average Bonchev–Trinajstić information content (AvgIpc) is 2.96. The Morgan fingerprint density at radius 2 is 2.22 bits per heavy atom. The third-order valence-corrected chi connectivity index (χ3v) is 3.45. The van der Waals surface area contributed by atoms with Crippen molar-refractivity contribution in [1.29, 1.82) is 0 Å². The molecular weight excluding hydrogens is 248 g/mol. The predicted molar refractivity (Wildman–Crippen MR) is 73.7 cm³/mol. The Labute approximate surface area is 110 Å². The van der Waals surface area contributed by atoms with E-state index in [2.05, 4.69) is 27.4 Å². The van der Waals surface area contributed by atoms with E-state index in [1.165, 1.54) is 0 Å². The molecule has 2 aromatic rings. The predicted octanol–water partition coefficient (Wildman–Crippen LogP) is 1.35. The lowest BCUT2D eigenvalue weighted by molar-refractivity contribution is 0.768. The molecule has 2 heterocycles. The Morgan fingerprint density at radius 1 is 1.39 bits per heavy atom. The van der Waals surface area contributed by atoms with Gasteiger partial charge in [-0.15, -0.1) is 21.5 Å². The Bertz CT molecular complexity index is 503. The molecule has 98 valence electrons. The van der Waals surface area contributed by atoms with Crippen LogP contribution in [-0.2, 0) is 13.0 Å². The van der Waals surface area contributed by atoms with Gasteiger partial charge in [-0.3, -0.25) is 4.57 Å². The molecule has 18 heavy (non-hydrogen) atoms. The van der Waals surface area contributed by atoms with E-state index in [9.17, 15) is 0 Å². The maximum absolute atomic E-state index is 5.53. The summed E-state index contributed by atoms with van der Waals surface area (Å²) < 4.78 is 2.03. The number of nitrogens with zero attached hydrogens (tertiary/aromatic N) is 4. The van der Waals surface area contributed by atoms with Gasteiger partial charge in [0.1, 0.15) is 5.69 Å². The van der Waals surface area contributed by atoms with E-state index < -0.39 is 0 Å². The Morgan fingerprint density at radius 3 is 2.89 bits per heavy atom. The van der Waals surface area contributed by atoms with Gasteiger partial charge in [0, 0.05) is 24.9 Å². The van der Waals surface area contributed by atoms with E-state index in [0.717, 1.165) is 42.0 Å². The second-order valence-electron chi connectivity index (χ2n) is 3.79. The molecular formula is C11H18N6S. The minimum atomic E-state index is 0.621. The summed E-state index contributed by atoms with van der Waals surface area (Å²) in [6.45, 7) is 6.37. The van der Waals surface area contributed by atoms with E-state index >= 15 is 0 Å². The van der Waals surface area contributed by atoms with Crippen molar-refractivity contribution in [1.82, 2.24) is 19.7 Å². The van der Waals surface area contributed by atoms with Gasteiger partial charge in [0.15, 0.2) is 5.82 Å².